The van der Waals surface area contributed by atoms with Gasteiger partial charge in [0.25, 0.3) is 0 Å². The molecule has 0 unspecified atom stereocenters. The summed E-state index contributed by atoms with van der Waals surface area (Å²) < 4.78 is 27.9. The van der Waals surface area contributed by atoms with E-state index in [1.54, 1.807) is 6.08 Å². The molecule has 22 heavy (non-hydrogen) atoms. The van der Waals surface area contributed by atoms with E-state index >= 15 is 0 Å². The summed E-state index contributed by atoms with van der Waals surface area (Å²) in [6, 6.07) is 0. The van der Waals surface area contributed by atoms with Crippen LogP contribution < -0.4 is 0 Å². The number of Topliss-reactive ketones (excluding diaryl/α,β-unsaturated/α-hetero) is 1. The average molecular weight is 350 g/mol. The van der Waals surface area contributed by atoms with Gasteiger partial charge in [0.1, 0.15) is 11.9 Å². The molecule has 130 valence electrons. The molecule has 0 radical (unpaired) electrons. The van der Waals surface area contributed by atoms with Crippen molar-refractivity contribution < 1.29 is 22.8 Å². The first-order valence-corrected chi connectivity index (χ1v) is 12.1. The Morgan fingerprint density at radius 1 is 1.27 bits per heavy atom. The van der Waals surface area contributed by atoms with Crippen molar-refractivity contribution in [1.82, 2.24) is 0 Å². The van der Waals surface area contributed by atoms with Crippen molar-refractivity contribution in [2.45, 2.75) is 57.8 Å². The van der Waals surface area contributed by atoms with Crippen LogP contribution in [0.15, 0.2) is 12.7 Å². The Balaban J connectivity index is 4.89. The Labute approximate surface area is 136 Å². The van der Waals surface area contributed by atoms with E-state index < -0.39 is 15.9 Å². The van der Waals surface area contributed by atoms with E-state index in [1.807, 2.05) is 0 Å². The van der Waals surface area contributed by atoms with E-state index in [4.69, 9.17) is 13.5 Å². The van der Waals surface area contributed by atoms with Crippen LogP contribution in [0.3, 0.4) is 0 Å². The fourth-order valence-electron chi connectivity index (χ4n) is 1.69. The first kappa shape index (κ1) is 21.7. The lowest BCUT2D eigenvalue weighted by Gasteiger charge is -2.39. The van der Waals surface area contributed by atoms with Gasteiger partial charge in [-0.2, -0.15) is 0 Å². The molecule has 0 fully saturated rings. The Bertz CT molecular complexity index is 420. The third-order valence-corrected chi connectivity index (χ3v) is 10.5. The number of carbonyl (C=O) groups excluding carboxylic acids is 1. The number of hydrogen-bond acceptors (Lipinski definition) is 5. The lowest BCUT2D eigenvalue weighted by molar-refractivity contribution is -0.118. The van der Waals surface area contributed by atoms with Gasteiger partial charge in [0.05, 0.1) is 6.10 Å². The fraction of sp³-hybridized carbons (Fsp3) is 0.800. The van der Waals surface area contributed by atoms with Gasteiger partial charge < -0.3 is 13.5 Å². The molecule has 0 amide bonds. The van der Waals surface area contributed by atoms with Crippen molar-refractivity contribution in [2.24, 2.45) is 0 Å². The quantitative estimate of drug-likeness (QED) is 0.332. The molecule has 1 atom stereocenters. The van der Waals surface area contributed by atoms with Gasteiger partial charge in [0.15, 0.2) is 8.32 Å². The van der Waals surface area contributed by atoms with E-state index in [-0.39, 0.29) is 29.5 Å². The summed E-state index contributed by atoms with van der Waals surface area (Å²) in [4.78, 5) is 12.2. The van der Waals surface area contributed by atoms with Gasteiger partial charge in [-0.25, -0.2) is 0 Å². The second kappa shape index (κ2) is 8.55. The lowest BCUT2D eigenvalue weighted by Crippen LogP contribution is -2.44. The monoisotopic (exact) mass is 350 g/mol. The van der Waals surface area contributed by atoms with Crippen LogP contribution in [-0.4, -0.2) is 40.6 Å². The minimum Gasteiger partial charge on any atom is -0.413 e. The largest absolute Gasteiger partial charge is 0.413 e. The van der Waals surface area contributed by atoms with Crippen molar-refractivity contribution in [3.63, 3.8) is 0 Å². The van der Waals surface area contributed by atoms with Crippen LogP contribution in [0.25, 0.3) is 0 Å². The van der Waals surface area contributed by atoms with E-state index in [9.17, 15) is 9.36 Å². The van der Waals surface area contributed by atoms with E-state index in [0.29, 0.717) is 6.42 Å². The highest BCUT2D eigenvalue weighted by atomic mass is 31.2. The Hall–Kier alpha value is -0.263. The zero-order chi connectivity index (χ0) is 17.6. The molecule has 7 heteroatoms. The van der Waals surface area contributed by atoms with Crippen LogP contribution in [0.4, 0.5) is 0 Å². The summed E-state index contributed by atoms with van der Waals surface area (Å²) in [5.74, 6) is -0.183. The number of hydrogen-bond donors (Lipinski definition) is 0. The summed E-state index contributed by atoms with van der Waals surface area (Å²) in [6.45, 7) is 14.5. The maximum atomic E-state index is 12.2. The van der Waals surface area contributed by atoms with Crippen molar-refractivity contribution in [3.05, 3.63) is 12.7 Å². The van der Waals surface area contributed by atoms with E-state index in [1.165, 1.54) is 14.2 Å². The van der Waals surface area contributed by atoms with Gasteiger partial charge in [-0.1, -0.05) is 26.8 Å². The molecule has 0 bridgehead atoms. The first-order chi connectivity index (χ1) is 9.90. The Morgan fingerprint density at radius 3 is 2.14 bits per heavy atom. The highest BCUT2D eigenvalue weighted by molar-refractivity contribution is 7.54. The van der Waals surface area contributed by atoms with Crippen LogP contribution in [0.2, 0.25) is 18.1 Å². The fourth-order valence-corrected chi connectivity index (χ4v) is 4.03. The van der Waals surface area contributed by atoms with Crippen molar-refractivity contribution >= 4 is 21.7 Å². The third kappa shape index (κ3) is 6.88. The summed E-state index contributed by atoms with van der Waals surface area (Å²) in [6.07, 6.45) is 2.05. The summed E-state index contributed by atoms with van der Waals surface area (Å²) >= 11 is 0. The second-order valence-corrected chi connectivity index (χ2v) is 13.9. The SMILES string of the molecule is C=CC[C@@H](CC(=O)CP(=O)(OC)OC)O[Si](C)(C)C(C)(C)C. The van der Waals surface area contributed by atoms with Gasteiger partial charge in [-0.15, -0.1) is 6.58 Å². The molecule has 0 heterocycles. The van der Waals surface area contributed by atoms with Crippen LogP contribution in [-0.2, 0) is 22.8 Å². The second-order valence-electron chi connectivity index (χ2n) is 6.90. The van der Waals surface area contributed by atoms with Crippen LogP contribution in [0, 0.1) is 0 Å². The molecule has 0 aromatic heterocycles. The third-order valence-electron chi connectivity index (χ3n) is 4.08. The highest BCUT2D eigenvalue weighted by Crippen LogP contribution is 2.46. The molecule has 0 aromatic carbocycles. The van der Waals surface area contributed by atoms with Gasteiger partial charge in [0, 0.05) is 20.6 Å². The standard InChI is InChI=1S/C15H31O5PSi/c1-9-10-14(20-22(7,8)15(2,3)4)11-13(16)12-21(17,18-5)19-6/h9,14H,1,10-12H2,2-8H3/t14-/m0/s1. The molecule has 0 aliphatic carbocycles. The summed E-state index contributed by atoms with van der Waals surface area (Å²) in [5.41, 5.74) is 0. The Morgan fingerprint density at radius 2 is 1.77 bits per heavy atom. The van der Waals surface area contributed by atoms with Crippen LogP contribution in [0.1, 0.15) is 33.6 Å². The van der Waals surface area contributed by atoms with Gasteiger partial charge in [-0.05, 0) is 24.6 Å². The molecule has 0 aliphatic heterocycles. The van der Waals surface area contributed by atoms with Crippen LogP contribution >= 0.6 is 7.60 Å². The lowest BCUT2D eigenvalue weighted by atomic mass is 10.1. The van der Waals surface area contributed by atoms with Crippen molar-refractivity contribution in [2.75, 3.05) is 20.4 Å². The maximum Gasteiger partial charge on any atom is 0.337 e. The molecule has 0 N–H and O–H groups in total. The summed E-state index contributed by atoms with van der Waals surface area (Å²) in [7, 11) is -2.73. The highest BCUT2D eigenvalue weighted by Gasteiger charge is 2.39. The number of rotatable bonds is 10. The molecule has 0 rings (SSSR count). The van der Waals surface area contributed by atoms with E-state index in [2.05, 4.69) is 40.4 Å². The predicted molar refractivity (Wildman–Crippen MR) is 93.0 cm³/mol. The van der Waals surface area contributed by atoms with Gasteiger partial charge >= 0.3 is 7.60 Å². The smallest absolute Gasteiger partial charge is 0.337 e. The van der Waals surface area contributed by atoms with E-state index in [0.717, 1.165) is 0 Å². The molecular formula is C15H31O5PSi. The van der Waals surface area contributed by atoms with Gasteiger partial charge in [0.2, 0.25) is 0 Å². The Kier molecular flexibility index (Phi) is 8.45. The zero-order valence-electron chi connectivity index (χ0n) is 15.0. The first-order valence-electron chi connectivity index (χ1n) is 7.41. The van der Waals surface area contributed by atoms with Crippen molar-refractivity contribution in [1.29, 1.82) is 0 Å². The topological polar surface area (TPSA) is 61.8 Å². The average Bonchev–Trinajstić information content (AvgIpc) is 2.36. The molecule has 5 nitrogen and oxygen atoms in total. The predicted octanol–water partition coefficient (Wildman–Crippen LogP) is 4.40. The van der Waals surface area contributed by atoms with Gasteiger partial charge in [-0.3, -0.25) is 9.36 Å². The van der Waals surface area contributed by atoms with Crippen molar-refractivity contribution in [3.8, 4) is 0 Å². The number of ketones is 1. The zero-order valence-corrected chi connectivity index (χ0v) is 16.9. The summed E-state index contributed by atoms with van der Waals surface area (Å²) in [5, 5.41) is 0.0593. The molecular weight excluding hydrogens is 319 g/mol. The van der Waals surface area contributed by atoms with Crippen LogP contribution in [0.5, 0.6) is 0 Å². The number of carbonyl (C=O) groups is 1. The minimum absolute atomic E-state index is 0.0593. The molecule has 0 saturated carbocycles. The minimum atomic E-state index is -3.32. The molecule has 0 aliphatic rings. The maximum absolute atomic E-state index is 12.2. The molecule has 0 saturated heterocycles. The molecule has 0 aromatic rings. The normalized spacial score (nSPS) is 14.7. The molecule has 0 spiro atoms.